The molecule has 1 atom stereocenters. The molecule has 1 aliphatic rings. The van der Waals surface area contributed by atoms with Crippen LogP contribution in [0, 0.1) is 17.0 Å². The summed E-state index contributed by atoms with van der Waals surface area (Å²) >= 11 is 1.43. The Bertz CT molecular complexity index is 825. The monoisotopic (exact) mass is 393 g/mol. The van der Waals surface area contributed by atoms with Crippen molar-refractivity contribution in [2.24, 2.45) is 5.41 Å². The minimum atomic E-state index is -1.04. The number of halogens is 2. The summed E-state index contributed by atoms with van der Waals surface area (Å²) in [6.45, 7) is 2.59. The number of amides is 1. The Balaban J connectivity index is 1.90. The van der Waals surface area contributed by atoms with Gasteiger partial charge in [-0.2, -0.15) is 11.3 Å². The van der Waals surface area contributed by atoms with Crippen molar-refractivity contribution in [1.29, 1.82) is 0 Å². The fraction of sp³-hybridized carbons (Fsp3) is 0.400. The number of hydrogen-bond donors (Lipinski definition) is 0. The van der Waals surface area contributed by atoms with Crippen molar-refractivity contribution in [3.63, 3.8) is 0 Å². The van der Waals surface area contributed by atoms with E-state index in [1.54, 1.807) is 23.3 Å². The summed E-state index contributed by atoms with van der Waals surface area (Å²) in [6, 6.07) is 5.08. The zero-order chi connectivity index (χ0) is 19.4. The van der Waals surface area contributed by atoms with Gasteiger partial charge >= 0.3 is 5.97 Å². The van der Waals surface area contributed by atoms with Gasteiger partial charge in [0.2, 0.25) is 0 Å². The van der Waals surface area contributed by atoms with Crippen molar-refractivity contribution < 1.29 is 23.1 Å². The minimum Gasteiger partial charge on any atom is -0.466 e. The number of piperidine rings is 1. The number of hydrogen-bond acceptors (Lipinski definition) is 4. The summed E-state index contributed by atoms with van der Waals surface area (Å²) < 4.78 is 32.7. The Morgan fingerprint density at radius 3 is 2.78 bits per heavy atom. The highest BCUT2D eigenvalue weighted by atomic mass is 32.1. The van der Waals surface area contributed by atoms with E-state index in [1.165, 1.54) is 23.5 Å². The topological polar surface area (TPSA) is 46.6 Å². The van der Waals surface area contributed by atoms with Crippen LogP contribution in [0.25, 0.3) is 0 Å². The molecule has 27 heavy (non-hydrogen) atoms. The van der Waals surface area contributed by atoms with Crippen molar-refractivity contribution in [3.05, 3.63) is 57.8 Å². The first-order chi connectivity index (χ1) is 12.9. The van der Waals surface area contributed by atoms with E-state index >= 15 is 0 Å². The van der Waals surface area contributed by atoms with Gasteiger partial charge in [0, 0.05) is 24.5 Å². The summed E-state index contributed by atoms with van der Waals surface area (Å²) in [5.74, 6) is -1.96. The van der Waals surface area contributed by atoms with Crippen LogP contribution in [0.5, 0.6) is 0 Å². The van der Waals surface area contributed by atoms with E-state index in [-0.39, 0.29) is 31.0 Å². The maximum atomic E-state index is 14.2. The van der Waals surface area contributed by atoms with Crippen LogP contribution in [0.15, 0.2) is 35.0 Å². The molecule has 1 fully saturated rings. The van der Waals surface area contributed by atoms with Crippen molar-refractivity contribution in [3.8, 4) is 0 Å². The summed E-state index contributed by atoms with van der Waals surface area (Å²) in [5, 5.41) is 3.59. The van der Waals surface area contributed by atoms with Crippen LogP contribution in [-0.2, 0) is 16.0 Å². The quantitative estimate of drug-likeness (QED) is 0.720. The fourth-order valence-electron chi connectivity index (χ4n) is 3.57. The Morgan fingerprint density at radius 1 is 1.30 bits per heavy atom. The highest BCUT2D eigenvalue weighted by molar-refractivity contribution is 7.08. The standard InChI is InChI=1S/C20H21F2NO3S/c1-2-26-19(25)20(11-14-4-5-16(21)10-17(14)22)7-3-8-23(13-20)18(24)15-6-9-27-12-15/h4-6,9-10,12H,2-3,7-8,11,13H2,1H3/t20-/m0/s1. The smallest absolute Gasteiger partial charge is 0.314 e. The second-order valence-corrected chi connectivity index (χ2v) is 7.54. The van der Waals surface area contributed by atoms with Crippen LogP contribution in [-0.4, -0.2) is 36.5 Å². The van der Waals surface area contributed by atoms with Gasteiger partial charge in [0.1, 0.15) is 11.6 Å². The van der Waals surface area contributed by atoms with Gasteiger partial charge in [-0.25, -0.2) is 8.78 Å². The molecular weight excluding hydrogens is 372 g/mol. The van der Waals surface area contributed by atoms with Crippen LogP contribution >= 0.6 is 11.3 Å². The third kappa shape index (κ3) is 4.18. The molecule has 0 aliphatic carbocycles. The molecule has 0 saturated carbocycles. The first-order valence-corrected chi connectivity index (χ1v) is 9.82. The lowest BCUT2D eigenvalue weighted by molar-refractivity contribution is -0.158. The Hall–Kier alpha value is -2.28. The molecule has 0 spiro atoms. The van der Waals surface area contributed by atoms with Crippen LogP contribution in [0.4, 0.5) is 8.78 Å². The van der Waals surface area contributed by atoms with E-state index in [4.69, 9.17) is 4.74 Å². The molecule has 0 unspecified atom stereocenters. The molecule has 7 heteroatoms. The average Bonchev–Trinajstić information content (AvgIpc) is 3.18. The molecule has 1 aliphatic heterocycles. The summed E-state index contributed by atoms with van der Waals surface area (Å²) in [5.41, 5.74) is -0.222. The lowest BCUT2D eigenvalue weighted by Gasteiger charge is -2.41. The van der Waals surface area contributed by atoms with Gasteiger partial charge in [-0.15, -0.1) is 0 Å². The minimum absolute atomic E-state index is 0.0609. The molecular formula is C20H21F2NO3S. The molecule has 1 aromatic carbocycles. The van der Waals surface area contributed by atoms with E-state index < -0.39 is 23.0 Å². The number of carbonyl (C=O) groups excluding carboxylic acids is 2. The Labute approximate surface area is 160 Å². The summed E-state index contributed by atoms with van der Waals surface area (Å²) in [4.78, 5) is 27.2. The lowest BCUT2D eigenvalue weighted by Crippen LogP contribution is -2.51. The van der Waals surface area contributed by atoms with E-state index in [1.807, 2.05) is 5.38 Å². The van der Waals surface area contributed by atoms with Crippen LogP contribution in [0.2, 0.25) is 0 Å². The normalized spacial score (nSPS) is 19.7. The third-order valence-electron chi connectivity index (χ3n) is 4.88. The molecule has 2 heterocycles. The number of likely N-dealkylation sites (tertiary alicyclic amines) is 1. The van der Waals surface area contributed by atoms with Crippen molar-refractivity contribution in [2.75, 3.05) is 19.7 Å². The van der Waals surface area contributed by atoms with Crippen molar-refractivity contribution in [2.45, 2.75) is 26.2 Å². The number of benzene rings is 1. The van der Waals surface area contributed by atoms with E-state index in [2.05, 4.69) is 0 Å². The molecule has 3 rings (SSSR count). The predicted octanol–water partition coefficient (Wildman–Crippen LogP) is 4.05. The predicted molar refractivity (Wildman–Crippen MR) is 98.6 cm³/mol. The van der Waals surface area contributed by atoms with Gasteiger partial charge in [-0.3, -0.25) is 9.59 Å². The van der Waals surface area contributed by atoms with Crippen LogP contribution in [0.3, 0.4) is 0 Å². The van der Waals surface area contributed by atoms with E-state index in [0.717, 1.165) is 6.07 Å². The van der Waals surface area contributed by atoms with Gasteiger partial charge in [0.15, 0.2) is 0 Å². The van der Waals surface area contributed by atoms with E-state index in [9.17, 15) is 18.4 Å². The Kier molecular flexibility index (Phi) is 5.89. The molecule has 0 radical (unpaired) electrons. The lowest BCUT2D eigenvalue weighted by atomic mass is 9.74. The number of ether oxygens (including phenoxy) is 1. The summed E-state index contributed by atoms with van der Waals surface area (Å²) in [7, 11) is 0. The highest BCUT2D eigenvalue weighted by Gasteiger charge is 2.45. The fourth-order valence-corrected chi connectivity index (χ4v) is 4.20. The summed E-state index contributed by atoms with van der Waals surface area (Å²) in [6.07, 6.45) is 1.15. The molecule has 4 nitrogen and oxygen atoms in total. The van der Waals surface area contributed by atoms with Crippen molar-refractivity contribution >= 4 is 23.2 Å². The maximum Gasteiger partial charge on any atom is 0.314 e. The zero-order valence-corrected chi connectivity index (χ0v) is 15.9. The second kappa shape index (κ2) is 8.17. The molecule has 1 saturated heterocycles. The average molecular weight is 393 g/mol. The van der Waals surface area contributed by atoms with Gasteiger partial charge in [-0.1, -0.05) is 6.07 Å². The maximum absolute atomic E-state index is 14.2. The van der Waals surface area contributed by atoms with Crippen LogP contribution in [0.1, 0.15) is 35.7 Å². The van der Waals surface area contributed by atoms with Gasteiger partial charge in [-0.05, 0) is 49.3 Å². The molecule has 1 aromatic heterocycles. The first-order valence-electron chi connectivity index (χ1n) is 8.88. The third-order valence-corrected chi connectivity index (χ3v) is 5.57. The van der Waals surface area contributed by atoms with Crippen molar-refractivity contribution in [1.82, 2.24) is 4.90 Å². The number of rotatable bonds is 5. The number of nitrogens with zero attached hydrogens (tertiary/aromatic N) is 1. The molecule has 0 N–H and O–H groups in total. The number of thiophene rings is 1. The SMILES string of the molecule is CCOC(=O)[C@]1(Cc2ccc(F)cc2F)CCCN(C(=O)c2ccsc2)C1. The first kappa shape index (κ1) is 19.5. The largest absolute Gasteiger partial charge is 0.466 e. The van der Waals surface area contributed by atoms with Gasteiger partial charge in [0.25, 0.3) is 5.91 Å². The Morgan fingerprint density at radius 2 is 2.11 bits per heavy atom. The second-order valence-electron chi connectivity index (χ2n) is 6.76. The van der Waals surface area contributed by atoms with Gasteiger partial charge < -0.3 is 9.64 Å². The molecule has 1 amide bonds. The van der Waals surface area contributed by atoms with E-state index in [0.29, 0.717) is 24.9 Å². The molecule has 0 bridgehead atoms. The van der Waals surface area contributed by atoms with Crippen LogP contribution < -0.4 is 0 Å². The molecule has 144 valence electrons. The zero-order valence-electron chi connectivity index (χ0n) is 15.0. The van der Waals surface area contributed by atoms with Gasteiger partial charge in [0.05, 0.1) is 17.6 Å². The number of esters is 1. The molecule has 2 aromatic rings. The highest BCUT2D eigenvalue weighted by Crippen LogP contribution is 2.36. The number of carbonyl (C=O) groups is 2.